The maximum Gasteiger partial charge on any atom is 0.410 e. The Labute approximate surface area is 135 Å². The second-order valence-corrected chi connectivity index (χ2v) is 6.97. The molecule has 130 valence electrons. The lowest BCUT2D eigenvalue weighted by atomic mass is 9.77. The molecule has 0 saturated carbocycles. The lowest BCUT2D eigenvalue weighted by Crippen LogP contribution is -2.48. The van der Waals surface area contributed by atoms with Crippen LogP contribution in [0.1, 0.15) is 40.0 Å². The highest BCUT2D eigenvalue weighted by molar-refractivity contribution is 6.04. The zero-order valence-electron chi connectivity index (χ0n) is 13.8. The fourth-order valence-electron chi connectivity index (χ4n) is 2.86. The van der Waals surface area contributed by atoms with Gasteiger partial charge in [-0.25, -0.2) is 4.79 Å². The number of piperidine rings is 1. The summed E-state index contributed by atoms with van der Waals surface area (Å²) in [7, 11) is 0. The fourth-order valence-corrected chi connectivity index (χ4v) is 2.86. The molecule has 2 rings (SSSR count). The van der Waals surface area contributed by atoms with Crippen molar-refractivity contribution in [1.82, 2.24) is 9.96 Å². The third-order valence-corrected chi connectivity index (χ3v) is 4.04. The van der Waals surface area contributed by atoms with Gasteiger partial charge in [0.15, 0.2) is 0 Å². The van der Waals surface area contributed by atoms with Crippen LogP contribution in [0.25, 0.3) is 0 Å². The minimum Gasteiger partial charge on any atom is -0.444 e. The normalized spacial score (nSPS) is 21.2. The number of aliphatic hydroxyl groups is 1. The van der Waals surface area contributed by atoms with Gasteiger partial charge in [-0.05, 0) is 33.6 Å². The van der Waals surface area contributed by atoms with Crippen LogP contribution in [0.4, 0.5) is 4.79 Å². The molecule has 2 heterocycles. The molecule has 8 nitrogen and oxygen atoms in total. The quantitative estimate of drug-likeness (QED) is 0.766. The molecule has 1 spiro atoms. The zero-order valence-corrected chi connectivity index (χ0v) is 13.8. The van der Waals surface area contributed by atoms with Gasteiger partial charge >= 0.3 is 6.09 Å². The Morgan fingerprint density at radius 3 is 2.39 bits per heavy atom. The van der Waals surface area contributed by atoms with Gasteiger partial charge in [-0.3, -0.25) is 14.4 Å². The van der Waals surface area contributed by atoms with E-state index in [-0.39, 0.29) is 25.5 Å². The van der Waals surface area contributed by atoms with Crippen LogP contribution in [-0.4, -0.2) is 64.9 Å². The number of imide groups is 1. The molecule has 0 aromatic carbocycles. The summed E-state index contributed by atoms with van der Waals surface area (Å²) in [6.45, 7) is 5.75. The summed E-state index contributed by atoms with van der Waals surface area (Å²) < 4.78 is 5.32. The number of amides is 3. The number of hydrogen-bond donors (Lipinski definition) is 1. The first-order valence-electron chi connectivity index (χ1n) is 7.78. The minimum absolute atomic E-state index is 0.0828. The number of rotatable bonds is 3. The van der Waals surface area contributed by atoms with Crippen molar-refractivity contribution in [2.45, 2.75) is 45.6 Å². The van der Waals surface area contributed by atoms with Crippen molar-refractivity contribution in [3.8, 4) is 0 Å². The number of hydroxylamine groups is 2. The van der Waals surface area contributed by atoms with Crippen molar-refractivity contribution < 1.29 is 29.1 Å². The lowest BCUT2D eigenvalue weighted by molar-refractivity contribution is -0.193. The second kappa shape index (κ2) is 6.45. The summed E-state index contributed by atoms with van der Waals surface area (Å²) in [5.41, 5.74) is -1.37. The summed E-state index contributed by atoms with van der Waals surface area (Å²) >= 11 is 0. The van der Waals surface area contributed by atoms with Gasteiger partial charge in [0.05, 0.1) is 18.6 Å². The molecule has 1 N–H and O–H groups in total. The molecule has 0 aliphatic carbocycles. The Balaban J connectivity index is 1.97. The number of ether oxygens (including phenoxy) is 1. The Morgan fingerprint density at radius 1 is 1.26 bits per heavy atom. The van der Waals surface area contributed by atoms with Gasteiger partial charge in [0.2, 0.25) is 0 Å². The molecule has 8 heteroatoms. The molecule has 2 aliphatic heterocycles. The Morgan fingerprint density at radius 2 is 1.87 bits per heavy atom. The highest BCUT2D eigenvalue weighted by atomic mass is 16.7. The van der Waals surface area contributed by atoms with Crippen LogP contribution < -0.4 is 0 Å². The number of nitrogens with zero attached hydrogens (tertiary/aromatic N) is 2. The number of carbonyl (C=O) groups excluding carboxylic acids is 3. The van der Waals surface area contributed by atoms with Crippen molar-refractivity contribution in [2.75, 3.05) is 26.3 Å². The van der Waals surface area contributed by atoms with E-state index < -0.39 is 23.0 Å². The van der Waals surface area contributed by atoms with E-state index in [1.54, 1.807) is 25.7 Å². The van der Waals surface area contributed by atoms with E-state index in [0.29, 0.717) is 25.9 Å². The first-order valence-corrected chi connectivity index (χ1v) is 7.78. The number of aliphatic hydroxyl groups excluding tert-OH is 1. The largest absolute Gasteiger partial charge is 0.444 e. The van der Waals surface area contributed by atoms with Crippen LogP contribution in [-0.2, 0) is 19.2 Å². The zero-order chi connectivity index (χ0) is 17.3. The van der Waals surface area contributed by atoms with E-state index in [4.69, 9.17) is 14.7 Å². The van der Waals surface area contributed by atoms with E-state index in [0.717, 1.165) is 5.06 Å². The summed E-state index contributed by atoms with van der Waals surface area (Å²) in [6.07, 6.45) is 0.475. The molecule has 0 atom stereocenters. The summed E-state index contributed by atoms with van der Waals surface area (Å²) in [5.74, 6) is -0.769. The molecular weight excluding hydrogens is 304 g/mol. The molecular formula is C15H24N2O6. The van der Waals surface area contributed by atoms with Gasteiger partial charge in [-0.15, -0.1) is 0 Å². The Kier molecular flexibility index (Phi) is 4.95. The van der Waals surface area contributed by atoms with Crippen LogP contribution in [0.2, 0.25) is 0 Å². The molecule has 0 bridgehead atoms. The molecule has 0 aromatic rings. The smallest absolute Gasteiger partial charge is 0.410 e. The average Bonchev–Trinajstić information content (AvgIpc) is 2.67. The third-order valence-electron chi connectivity index (χ3n) is 4.04. The van der Waals surface area contributed by atoms with Crippen LogP contribution in [0.15, 0.2) is 0 Å². The maximum absolute atomic E-state index is 12.5. The molecule has 0 unspecified atom stereocenters. The predicted octanol–water partition coefficient (Wildman–Crippen LogP) is 0.687. The van der Waals surface area contributed by atoms with Crippen molar-refractivity contribution in [3.63, 3.8) is 0 Å². The molecule has 23 heavy (non-hydrogen) atoms. The molecule has 2 saturated heterocycles. The van der Waals surface area contributed by atoms with E-state index in [1.807, 2.05) is 0 Å². The van der Waals surface area contributed by atoms with Gasteiger partial charge in [-0.1, -0.05) is 0 Å². The highest BCUT2D eigenvalue weighted by Gasteiger charge is 2.54. The van der Waals surface area contributed by atoms with Crippen LogP contribution in [0.5, 0.6) is 0 Å². The predicted molar refractivity (Wildman–Crippen MR) is 79.0 cm³/mol. The van der Waals surface area contributed by atoms with Gasteiger partial charge in [0, 0.05) is 19.5 Å². The van der Waals surface area contributed by atoms with Crippen molar-refractivity contribution in [1.29, 1.82) is 0 Å². The number of likely N-dealkylation sites (tertiary alicyclic amines) is 1. The van der Waals surface area contributed by atoms with Gasteiger partial charge < -0.3 is 14.7 Å². The molecule has 2 fully saturated rings. The van der Waals surface area contributed by atoms with Crippen LogP contribution in [0.3, 0.4) is 0 Å². The van der Waals surface area contributed by atoms with Crippen LogP contribution in [0, 0.1) is 5.41 Å². The standard InChI is InChI=1S/C15H24N2O6/c1-14(2,3)23-13(21)16-6-4-15(5-7-16)10-11(19)17(12(15)20)22-9-8-18/h18H,4-10H2,1-3H3. The summed E-state index contributed by atoms with van der Waals surface area (Å²) in [5, 5.41) is 9.52. The molecule has 2 aliphatic rings. The van der Waals surface area contributed by atoms with E-state index in [9.17, 15) is 14.4 Å². The Hall–Kier alpha value is -1.67. The van der Waals surface area contributed by atoms with E-state index in [2.05, 4.69) is 0 Å². The summed E-state index contributed by atoms with van der Waals surface area (Å²) in [4.78, 5) is 43.1. The maximum atomic E-state index is 12.5. The van der Waals surface area contributed by atoms with Gasteiger partial charge in [0.1, 0.15) is 5.60 Å². The van der Waals surface area contributed by atoms with Crippen LogP contribution >= 0.6 is 0 Å². The fraction of sp³-hybridized carbons (Fsp3) is 0.800. The highest BCUT2D eigenvalue weighted by Crippen LogP contribution is 2.42. The monoisotopic (exact) mass is 328 g/mol. The van der Waals surface area contributed by atoms with Gasteiger partial charge in [-0.2, -0.15) is 5.06 Å². The number of hydrogen-bond acceptors (Lipinski definition) is 6. The van der Waals surface area contributed by atoms with E-state index >= 15 is 0 Å². The first-order chi connectivity index (χ1) is 10.7. The first kappa shape index (κ1) is 17.7. The SMILES string of the molecule is CC(C)(C)OC(=O)N1CCC2(CC1)CC(=O)N(OCCO)C2=O. The summed E-state index contributed by atoms with van der Waals surface area (Å²) in [6, 6.07) is 0. The van der Waals surface area contributed by atoms with Crippen molar-refractivity contribution >= 4 is 17.9 Å². The minimum atomic E-state index is -0.801. The molecule has 0 radical (unpaired) electrons. The van der Waals surface area contributed by atoms with Crippen molar-refractivity contribution in [3.05, 3.63) is 0 Å². The van der Waals surface area contributed by atoms with E-state index in [1.165, 1.54) is 0 Å². The van der Waals surface area contributed by atoms with Crippen molar-refractivity contribution in [2.24, 2.45) is 5.41 Å². The molecule has 0 aromatic heterocycles. The van der Waals surface area contributed by atoms with Gasteiger partial charge in [0.25, 0.3) is 11.8 Å². The average molecular weight is 328 g/mol. The third kappa shape index (κ3) is 3.81. The Bertz CT molecular complexity index is 491. The topological polar surface area (TPSA) is 96.4 Å². The molecule has 3 amide bonds. The lowest BCUT2D eigenvalue weighted by Gasteiger charge is -2.37. The second-order valence-electron chi connectivity index (χ2n) is 6.97. The number of carbonyl (C=O) groups is 3.